The Kier molecular flexibility index (Phi) is 1.46. The van der Waals surface area contributed by atoms with Crippen LogP contribution in [0.1, 0.15) is 5.56 Å². The second-order valence-electron chi connectivity index (χ2n) is 2.55. The van der Waals surface area contributed by atoms with Crippen molar-refractivity contribution in [2.45, 2.75) is 6.92 Å². The molecule has 0 fully saturated rings. The number of H-pyrrole nitrogens is 1. The molecule has 0 bridgehead atoms. The number of aromatic nitrogens is 2. The van der Waals surface area contributed by atoms with Gasteiger partial charge in [-0.3, -0.25) is 0 Å². The Morgan fingerprint density at radius 1 is 1.45 bits per heavy atom. The van der Waals surface area contributed by atoms with Crippen molar-refractivity contribution in [3.8, 4) is 0 Å². The van der Waals surface area contributed by atoms with Crippen LogP contribution in [0.5, 0.6) is 0 Å². The maximum absolute atomic E-state index is 4.16. The Morgan fingerprint density at radius 2 is 2.27 bits per heavy atom. The Bertz CT molecular complexity index is 392. The van der Waals surface area contributed by atoms with E-state index >= 15 is 0 Å². The van der Waals surface area contributed by atoms with Crippen LogP contribution in [0.4, 0.5) is 0 Å². The summed E-state index contributed by atoms with van der Waals surface area (Å²) in [4.78, 5) is 7.22. The summed E-state index contributed by atoms with van der Waals surface area (Å²) in [5.74, 6) is 0. The van der Waals surface area contributed by atoms with E-state index in [-0.39, 0.29) is 0 Å². The zero-order valence-corrected chi connectivity index (χ0v) is 7.64. The molecule has 0 radical (unpaired) electrons. The fraction of sp³-hybridized carbons (Fsp3) is 0.125. The lowest BCUT2D eigenvalue weighted by Crippen LogP contribution is -1.75. The molecule has 2 aromatic rings. The minimum absolute atomic E-state index is 0.996. The quantitative estimate of drug-likeness (QED) is 0.712. The highest BCUT2D eigenvalue weighted by Gasteiger charge is 2.00. The molecule has 0 aliphatic heterocycles. The zero-order chi connectivity index (χ0) is 7.84. The van der Waals surface area contributed by atoms with E-state index in [0.29, 0.717) is 0 Å². The second kappa shape index (κ2) is 2.34. The van der Waals surface area contributed by atoms with Gasteiger partial charge in [-0.25, -0.2) is 4.98 Å². The highest BCUT2D eigenvalue weighted by molar-refractivity contribution is 9.10. The highest BCUT2D eigenvalue weighted by Crippen LogP contribution is 2.22. The molecule has 1 aromatic heterocycles. The van der Waals surface area contributed by atoms with E-state index in [1.165, 1.54) is 5.56 Å². The fourth-order valence-corrected chi connectivity index (χ4v) is 1.82. The van der Waals surface area contributed by atoms with Crippen molar-refractivity contribution < 1.29 is 0 Å². The van der Waals surface area contributed by atoms with Crippen molar-refractivity contribution in [2.75, 3.05) is 0 Å². The van der Waals surface area contributed by atoms with E-state index in [4.69, 9.17) is 0 Å². The largest absolute Gasteiger partial charge is 0.345 e. The van der Waals surface area contributed by atoms with Gasteiger partial charge in [-0.05, 0) is 40.5 Å². The Labute approximate surface area is 72.8 Å². The van der Waals surface area contributed by atoms with E-state index in [0.717, 1.165) is 15.5 Å². The smallest absolute Gasteiger partial charge is 0.102 e. The van der Waals surface area contributed by atoms with Crippen molar-refractivity contribution >= 4 is 27.0 Å². The monoisotopic (exact) mass is 210 g/mol. The molecule has 56 valence electrons. The lowest BCUT2D eigenvalue weighted by atomic mass is 10.2. The van der Waals surface area contributed by atoms with Crippen molar-refractivity contribution in [1.29, 1.82) is 0 Å². The first-order valence-corrected chi connectivity index (χ1v) is 4.16. The highest BCUT2D eigenvalue weighted by atomic mass is 79.9. The molecular formula is C8H7BrN2. The van der Waals surface area contributed by atoms with Crippen LogP contribution in [0, 0.1) is 6.92 Å². The van der Waals surface area contributed by atoms with Crippen LogP contribution in [0.15, 0.2) is 22.9 Å². The molecule has 0 atom stereocenters. The van der Waals surface area contributed by atoms with Crippen molar-refractivity contribution in [3.63, 3.8) is 0 Å². The summed E-state index contributed by atoms with van der Waals surface area (Å²) < 4.78 is 1.05. The molecule has 2 rings (SSSR count). The van der Waals surface area contributed by atoms with E-state index < -0.39 is 0 Å². The number of hydrogen-bond acceptors (Lipinski definition) is 1. The summed E-state index contributed by atoms with van der Waals surface area (Å²) in [7, 11) is 0. The molecule has 11 heavy (non-hydrogen) atoms. The molecule has 1 aromatic carbocycles. The number of rotatable bonds is 0. The molecular weight excluding hydrogens is 204 g/mol. The number of nitrogens with zero attached hydrogens (tertiary/aromatic N) is 1. The van der Waals surface area contributed by atoms with Crippen LogP contribution in [0.3, 0.4) is 0 Å². The predicted molar refractivity (Wildman–Crippen MR) is 48.5 cm³/mol. The molecule has 1 N–H and O–H groups in total. The molecule has 0 aliphatic rings. The topological polar surface area (TPSA) is 28.7 Å². The average Bonchev–Trinajstić information content (AvgIpc) is 2.34. The van der Waals surface area contributed by atoms with Gasteiger partial charge in [0.2, 0.25) is 0 Å². The molecule has 1 heterocycles. The molecule has 0 saturated carbocycles. The van der Waals surface area contributed by atoms with Crippen LogP contribution in [-0.2, 0) is 0 Å². The Balaban J connectivity index is 2.91. The maximum Gasteiger partial charge on any atom is 0.102 e. The van der Waals surface area contributed by atoms with Gasteiger partial charge in [-0.1, -0.05) is 0 Å². The number of aromatic amines is 1. The Morgan fingerprint density at radius 3 is 3.09 bits per heavy atom. The van der Waals surface area contributed by atoms with Gasteiger partial charge in [0.25, 0.3) is 0 Å². The number of nitrogens with one attached hydrogen (secondary N) is 1. The zero-order valence-electron chi connectivity index (χ0n) is 6.06. The predicted octanol–water partition coefficient (Wildman–Crippen LogP) is 2.63. The van der Waals surface area contributed by atoms with Crippen LogP contribution in [0.25, 0.3) is 11.0 Å². The first kappa shape index (κ1) is 6.85. The standard InChI is InChI=1S/C8H7BrN2/c1-5-2-6(9)8-7(3-5)10-4-11-8/h2-4H,1H3,(H,10,11). The molecule has 3 heteroatoms. The molecule has 0 amide bonds. The molecule has 0 aliphatic carbocycles. The average molecular weight is 211 g/mol. The molecule has 0 unspecified atom stereocenters. The third-order valence-electron chi connectivity index (χ3n) is 1.62. The summed E-state index contributed by atoms with van der Waals surface area (Å²) in [5.41, 5.74) is 3.31. The van der Waals surface area contributed by atoms with Crippen molar-refractivity contribution in [2.24, 2.45) is 0 Å². The van der Waals surface area contributed by atoms with Gasteiger partial charge >= 0.3 is 0 Å². The van der Waals surface area contributed by atoms with E-state index in [2.05, 4.69) is 45.0 Å². The number of imidazole rings is 1. The lowest BCUT2D eigenvalue weighted by molar-refractivity contribution is 1.34. The molecule has 2 nitrogen and oxygen atoms in total. The van der Waals surface area contributed by atoms with Gasteiger partial charge in [0.15, 0.2) is 0 Å². The Hall–Kier alpha value is -0.830. The summed E-state index contributed by atoms with van der Waals surface area (Å²) in [6.07, 6.45) is 1.70. The maximum atomic E-state index is 4.16. The third kappa shape index (κ3) is 1.05. The molecule has 0 saturated heterocycles. The fourth-order valence-electron chi connectivity index (χ4n) is 1.14. The number of hydrogen-bond donors (Lipinski definition) is 1. The summed E-state index contributed by atoms with van der Waals surface area (Å²) in [5, 5.41) is 0. The summed E-state index contributed by atoms with van der Waals surface area (Å²) >= 11 is 3.44. The van der Waals surface area contributed by atoms with Gasteiger partial charge in [0, 0.05) is 4.47 Å². The number of benzene rings is 1. The molecule has 0 spiro atoms. The number of aryl methyl sites for hydroxylation is 1. The number of halogens is 1. The summed E-state index contributed by atoms with van der Waals surface area (Å²) in [6.45, 7) is 2.06. The van der Waals surface area contributed by atoms with E-state index in [1.807, 2.05) is 0 Å². The minimum Gasteiger partial charge on any atom is -0.345 e. The van der Waals surface area contributed by atoms with Gasteiger partial charge in [-0.15, -0.1) is 0 Å². The second-order valence-corrected chi connectivity index (χ2v) is 3.40. The normalized spacial score (nSPS) is 10.7. The minimum atomic E-state index is 0.996. The van der Waals surface area contributed by atoms with Crippen LogP contribution in [0.2, 0.25) is 0 Å². The van der Waals surface area contributed by atoms with Crippen LogP contribution >= 0.6 is 15.9 Å². The van der Waals surface area contributed by atoms with Gasteiger partial charge < -0.3 is 4.98 Å². The first-order chi connectivity index (χ1) is 5.27. The number of fused-ring (bicyclic) bond motifs is 1. The van der Waals surface area contributed by atoms with Crippen molar-refractivity contribution in [3.05, 3.63) is 28.5 Å². The van der Waals surface area contributed by atoms with Crippen LogP contribution in [-0.4, -0.2) is 9.97 Å². The first-order valence-electron chi connectivity index (χ1n) is 3.36. The third-order valence-corrected chi connectivity index (χ3v) is 2.23. The van der Waals surface area contributed by atoms with Gasteiger partial charge in [0.05, 0.1) is 11.8 Å². The van der Waals surface area contributed by atoms with Gasteiger partial charge in [0.1, 0.15) is 5.52 Å². The summed E-state index contributed by atoms with van der Waals surface area (Å²) in [6, 6.07) is 4.14. The lowest BCUT2D eigenvalue weighted by Gasteiger charge is -1.94. The van der Waals surface area contributed by atoms with E-state index in [9.17, 15) is 0 Å². The SMILES string of the molecule is Cc1cc(Br)c2nc[nH]c2c1. The van der Waals surface area contributed by atoms with Crippen LogP contribution < -0.4 is 0 Å². The van der Waals surface area contributed by atoms with E-state index in [1.54, 1.807) is 6.33 Å². The van der Waals surface area contributed by atoms with Crippen molar-refractivity contribution in [1.82, 2.24) is 9.97 Å². The van der Waals surface area contributed by atoms with Gasteiger partial charge in [-0.2, -0.15) is 0 Å².